The van der Waals surface area contributed by atoms with Gasteiger partial charge in [-0.2, -0.15) is 0 Å². The van der Waals surface area contributed by atoms with Gasteiger partial charge in [0, 0.05) is 18.6 Å². The second-order valence-electron chi connectivity index (χ2n) is 5.81. The van der Waals surface area contributed by atoms with Gasteiger partial charge < -0.3 is 10.6 Å². The van der Waals surface area contributed by atoms with E-state index in [4.69, 9.17) is 5.73 Å². The van der Waals surface area contributed by atoms with E-state index in [1.165, 1.54) is 6.42 Å². The smallest absolute Gasteiger partial charge is 0.227 e. The summed E-state index contributed by atoms with van der Waals surface area (Å²) < 4.78 is 0. The predicted octanol–water partition coefficient (Wildman–Crippen LogP) is 3.11. The molecule has 0 radical (unpaired) electrons. The van der Waals surface area contributed by atoms with Crippen LogP contribution in [-0.4, -0.2) is 23.4 Å². The summed E-state index contributed by atoms with van der Waals surface area (Å²) in [5, 5.41) is 0. The lowest BCUT2D eigenvalue weighted by molar-refractivity contribution is -0.139. The molecule has 1 aliphatic rings. The standard InChI is InChI=1S/C17H26N2O/c1-3-15-11-7-8-12-19(15)17(20)13(2)16(18)14-9-5-4-6-10-14/h4-6,9-10,13,15-16H,3,7-8,11-12,18H2,1-2H3. The van der Waals surface area contributed by atoms with Crippen molar-refractivity contribution in [2.75, 3.05) is 6.54 Å². The Bertz CT molecular complexity index is 432. The first-order valence-corrected chi connectivity index (χ1v) is 7.76. The van der Waals surface area contributed by atoms with Gasteiger partial charge in [0.2, 0.25) is 5.91 Å². The summed E-state index contributed by atoms with van der Waals surface area (Å²) in [5.74, 6) is 0.0532. The first kappa shape index (κ1) is 15.0. The summed E-state index contributed by atoms with van der Waals surface area (Å²) in [6, 6.07) is 10.1. The third kappa shape index (κ3) is 3.21. The van der Waals surface area contributed by atoms with E-state index in [-0.39, 0.29) is 17.9 Å². The monoisotopic (exact) mass is 274 g/mol. The lowest BCUT2D eigenvalue weighted by Crippen LogP contribution is -2.47. The molecule has 1 amide bonds. The van der Waals surface area contributed by atoms with Crippen LogP contribution in [0.3, 0.4) is 0 Å². The summed E-state index contributed by atoms with van der Waals surface area (Å²) >= 11 is 0. The molecule has 0 bridgehead atoms. The van der Waals surface area contributed by atoms with E-state index < -0.39 is 0 Å². The zero-order valence-electron chi connectivity index (χ0n) is 12.6. The summed E-state index contributed by atoms with van der Waals surface area (Å²) in [5.41, 5.74) is 7.33. The highest BCUT2D eigenvalue weighted by Crippen LogP contribution is 2.26. The fourth-order valence-corrected chi connectivity index (χ4v) is 3.09. The van der Waals surface area contributed by atoms with Crippen LogP contribution < -0.4 is 5.73 Å². The van der Waals surface area contributed by atoms with Crippen LogP contribution in [0.1, 0.15) is 51.1 Å². The Balaban J connectivity index is 2.07. The van der Waals surface area contributed by atoms with Crippen molar-refractivity contribution in [1.29, 1.82) is 0 Å². The fourth-order valence-electron chi connectivity index (χ4n) is 3.09. The van der Waals surface area contributed by atoms with Gasteiger partial charge in [-0.05, 0) is 31.2 Å². The predicted molar refractivity (Wildman–Crippen MR) is 82.2 cm³/mol. The lowest BCUT2D eigenvalue weighted by Gasteiger charge is -2.38. The Labute approximate surface area is 122 Å². The molecule has 3 heteroatoms. The number of carbonyl (C=O) groups is 1. The van der Waals surface area contributed by atoms with Gasteiger partial charge in [-0.1, -0.05) is 44.2 Å². The van der Waals surface area contributed by atoms with Crippen molar-refractivity contribution in [2.24, 2.45) is 11.7 Å². The molecule has 110 valence electrons. The molecule has 3 atom stereocenters. The average molecular weight is 274 g/mol. The maximum Gasteiger partial charge on any atom is 0.227 e. The molecule has 2 rings (SSSR count). The lowest BCUT2D eigenvalue weighted by atomic mass is 9.91. The molecule has 1 fully saturated rings. The van der Waals surface area contributed by atoms with Crippen LogP contribution in [-0.2, 0) is 4.79 Å². The fraction of sp³-hybridized carbons (Fsp3) is 0.588. The number of hydrogen-bond donors (Lipinski definition) is 1. The summed E-state index contributed by atoms with van der Waals surface area (Å²) in [7, 11) is 0. The topological polar surface area (TPSA) is 46.3 Å². The highest BCUT2D eigenvalue weighted by atomic mass is 16.2. The number of hydrogen-bond acceptors (Lipinski definition) is 2. The minimum atomic E-state index is -0.219. The molecule has 0 aliphatic carbocycles. The second-order valence-corrected chi connectivity index (χ2v) is 5.81. The highest BCUT2D eigenvalue weighted by molar-refractivity contribution is 5.80. The van der Waals surface area contributed by atoms with Crippen LogP contribution in [0.25, 0.3) is 0 Å². The third-order valence-corrected chi connectivity index (χ3v) is 4.49. The van der Waals surface area contributed by atoms with E-state index in [1.54, 1.807) is 0 Å². The Morgan fingerprint density at radius 2 is 2.05 bits per heavy atom. The molecule has 1 aromatic rings. The Hall–Kier alpha value is -1.35. The summed E-state index contributed by atoms with van der Waals surface area (Å²) in [6.07, 6.45) is 4.53. The number of benzene rings is 1. The first-order valence-electron chi connectivity index (χ1n) is 7.76. The first-order chi connectivity index (χ1) is 9.65. The molecule has 0 spiro atoms. The van der Waals surface area contributed by atoms with Crippen molar-refractivity contribution in [3.63, 3.8) is 0 Å². The van der Waals surface area contributed by atoms with Crippen molar-refractivity contribution < 1.29 is 4.79 Å². The minimum Gasteiger partial charge on any atom is -0.339 e. The van der Waals surface area contributed by atoms with Crippen molar-refractivity contribution in [3.05, 3.63) is 35.9 Å². The van der Waals surface area contributed by atoms with Crippen LogP contribution >= 0.6 is 0 Å². The number of nitrogens with two attached hydrogens (primary N) is 1. The van der Waals surface area contributed by atoms with E-state index in [9.17, 15) is 4.79 Å². The molecule has 0 aromatic heterocycles. The Morgan fingerprint density at radius 3 is 2.70 bits per heavy atom. The molecular formula is C17H26N2O. The van der Waals surface area contributed by atoms with Gasteiger partial charge in [0.1, 0.15) is 0 Å². The molecule has 3 nitrogen and oxygen atoms in total. The molecule has 0 saturated carbocycles. The van der Waals surface area contributed by atoms with Crippen LogP contribution in [0.2, 0.25) is 0 Å². The van der Waals surface area contributed by atoms with E-state index in [0.717, 1.165) is 31.4 Å². The van der Waals surface area contributed by atoms with Gasteiger partial charge in [0.15, 0.2) is 0 Å². The largest absolute Gasteiger partial charge is 0.339 e. The number of carbonyl (C=O) groups excluding carboxylic acids is 1. The molecule has 20 heavy (non-hydrogen) atoms. The molecule has 1 aliphatic heterocycles. The van der Waals surface area contributed by atoms with Gasteiger partial charge in [0.25, 0.3) is 0 Å². The molecule has 1 aromatic carbocycles. The number of likely N-dealkylation sites (tertiary alicyclic amines) is 1. The number of nitrogens with zero attached hydrogens (tertiary/aromatic N) is 1. The van der Waals surface area contributed by atoms with Crippen LogP contribution in [0.15, 0.2) is 30.3 Å². The molecule has 1 saturated heterocycles. The molecule has 1 heterocycles. The Morgan fingerprint density at radius 1 is 1.35 bits per heavy atom. The van der Waals surface area contributed by atoms with Crippen molar-refractivity contribution in [2.45, 2.75) is 51.6 Å². The Kier molecular flexibility index (Phi) is 5.18. The zero-order valence-corrected chi connectivity index (χ0v) is 12.6. The molecular weight excluding hydrogens is 248 g/mol. The number of amides is 1. The quantitative estimate of drug-likeness (QED) is 0.917. The SMILES string of the molecule is CCC1CCCCN1C(=O)C(C)C(N)c1ccccc1. The normalized spacial score (nSPS) is 22.4. The number of piperidine rings is 1. The minimum absolute atomic E-state index is 0.162. The van der Waals surface area contributed by atoms with Gasteiger partial charge in [-0.25, -0.2) is 0 Å². The van der Waals surface area contributed by atoms with E-state index in [2.05, 4.69) is 11.8 Å². The van der Waals surface area contributed by atoms with Gasteiger partial charge in [-0.15, -0.1) is 0 Å². The maximum absolute atomic E-state index is 12.7. The van der Waals surface area contributed by atoms with Crippen LogP contribution in [0.4, 0.5) is 0 Å². The van der Waals surface area contributed by atoms with E-state index in [0.29, 0.717) is 6.04 Å². The van der Waals surface area contributed by atoms with E-state index >= 15 is 0 Å². The molecule has 2 N–H and O–H groups in total. The van der Waals surface area contributed by atoms with Crippen LogP contribution in [0.5, 0.6) is 0 Å². The average Bonchev–Trinajstić information content (AvgIpc) is 2.53. The second kappa shape index (κ2) is 6.89. The summed E-state index contributed by atoms with van der Waals surface area (Å²) in [4.78, 5) is 14.8. The maximum atomic E-state index is 12.7. The third-order valence-electron chi connectivity index (χ3n) is 4.49. The van der Waals surface area contributed by atoms with Gasteiger partial charge in [-0.3, -0.25) is 4.79 Å². The van der Waals surface area contributed by atoms with Gasteiger partial charge in [0.05, 0.1) is 5.92 Å². The van der Waals surface area contributed by atoms with Crippen molar-refractivity contribution >= 4 is 5.91 Å². The van der Waals surface area contributed by atoms with Gasteiger partial charge >= 0.3 is 0 Å². The van der Waals surface area contributed by atoms with Crippen molar-refractivity contribution in [3.8, 4) is 0 Å². The number of rotatable bonds is 4. The van der Waals surface area contributed by atoms with E-state index in [1.807, 2.05) is 37.3 Å². The highest BCUT2D eigenvalue weighted by Gasteiger charge is 2.31. The zero-order chi connectivity index (χ0) is 14.5. The van der Waals surface area contributed by atoms with Crippen LogP contribution in [0, 0.1) is 5.92 Å². The van der Waals surface area contributed by atoms with Crippen molar-refractivity contribution in [1.82, 2.24) is 4.90 Å². The summed E-state index contributed by atoms with van der Waals surface area (Å²) in [6.45, 7) is 5.02. The molecule has 3 unspecified atom stereocenters.